The maximum atomic E-state index is 10.2. The van der Waals surface area contributed by atoms with Gasteiger partial charge in [0.1, 0.15) is 0 Å². The van der Waals surface area contributed by atoms with Crippen LogP contribution in [0, 0.1) is 6.92 Å². The van der Waals surface area contributed by atoms with Crippen LogP contribution in [0.2, 0.25) is 0 Å². The third-order valence-electron chi connectivity index (χ3n) is 1.70. The smallest absolute Gasteiger partial charge is 0.303 e. The number of carboxylic acids is 1. The molecule has 0 saturated heterocycles. The summed E-state index contributed by atoms with van der Waals surface area (Å²) in [5.41, 5.74) is 6.43. The van der Waals surface area contributed by atoms with Gasteiger partial charge in [0.15, 0.2) is 5.13 Å². The molecule has 13 heavy (non-hydrogen) atoms. The predicted molar refractivity (Wildman–Crippen MR) is 51.8 cm³/mol. The second kappa shape index (κ2) is 4.23. The second-order valence-electron chi connectivity index (χ2n) is 2.81. The van der Waals surface area contributed by atoms with Gasteiger partial charge in [0.25, 0.3) is 0 Å². The normalized spacial score (nSPS) is 10.2. The van der Waals surface area contributed by atoms with E-state index in [0.29, 0.717) is 11.6 Å². The van der Waals surface area contributed by atoms with Crippen molar-refractivity contribution in [2.24, 2.45) is 0 Å². The summed E-state index contributed by atoms with van der Waals surface area (Å²) in [4.78, 5) is 15.4. The second-order valence-corrected chi connectivity index (χ2v) is 3.92. The number of thiazole rings is 1. The maximum Gasteiger partial charge on any atom is 0.303 e. The first kappa shape index (κ1) is 9.98. The Morgan fingerprint density at radius 2 is 2.38 bits per heavy atom. The first-order valence-electron chi connectivity index (χ1n) is 4.03. The van der Waals surface area contributed by atoms with Crippen LogP contribution >= 0.6 is 11.3 Å². The summed E-state index contributed by atoms with van der Waals surface area (Å²) in [6.45, 7) is 1.89. The lowest BCUT2D eigenvalue weighted by molar-refractivity contribution is -0.137. The molecule has 0 aliphatic carbocycles. The van der Waals surface area contributed by atoms with Crippen molar-refractivity contribution in [2.75, 3.05) is 5.73 Å². The van der Waals surface area contributed by atoms with Crippen molar-refractivity contribution in [3.8, 4) is 0 Å². The van der Waals surface area contributed by atoms with Gasteiger partial charge >= 0.3 is 5.97 Å². The van der Waals surface area contributed by atoms with Gasteiger partial charge in [-0.15, -0.1) is 11.3 Å². The van der Waals surface area contributed by atoms with Crippen LogP contribution in [-0.4, -0.2) is 16.1 Å². The number of nitrogens with two attached hydrogens (primary N) is 1. The van der Waals surface area contributed by atoms with Crippen LogP contribution in [0.4, 0.5) is 5.13 Å². The molecule has 1 heterocycles. The number of aliphatic carboxylic acids is 1. The van der Waals surface area contributed by atoms with E-state index in [2.05, 4.69) is 4.98 Å². The lowest BCUT2D eigenvalue weighted by atomic mass is 10.2. The quantitative estimate of drug-likeness (QED) is 0.771. The number of nitrogens with zero attached hydrogens (tertiary/aromatic N) is 1. The lowest BCUT2D eigenvalue weighted by Crippen LogP contribution is -1.95. The average molecular weight is 200 g/mol. The van der Waals surface area contributed by atoms with Crippen molar-refractivity contribution in [2.45, 2.75) is 26.2 Å². The number of hydrogen-bond donors (Lipinski definition) is 2. The van der Waals surface area contributed by atoms with Gasteiger partial charge in [0, 0.05) is 11.3 Å². The van der Waals surface area contributed by atoms with Gasteiger partial charge in [0.05, 0.1) is 5.69 Å². The van der Waals surface area contributed by atoms with Crippen LogP contribution in [0.25, 0.3) is 0 Å². The van der Waals surface area contributed by atoms with Crippen LogP contribution in [0.15, 0.2) is 0 Å². The molecule has 72 valence electrons. The zero-order valence-corrected chi connectivity index (χ0v) is 8.23. The highest BCUT2D eigenvalue weighted by Crippen LogP contribution is 2.21. The number of carboxylic acid groups (broad SMARTS) is 1. The molecule has 0 fully saturated rings. The number of aromatic nitrogens is 1. The fourth-order valence-electron chi connectivity index (χ4n) is 1.08. The molecule has 4 nitrogen and oxygen atoms in total. The Hall–Kier alpha value is -1.10. The van der Waals surface area contributed by atoms with Crippen molar-refractivity contribution in [3.05, 3.63) is 10.6 Å². The first-order chi connectivity index (χ1) is 6.09. The van der Waals surface area contributed by atoms with Crippen LogP contribution in [0.3, 0.4) is 0 Å². The molecule has 3 N–H and O–H groups in total. The summed E-state index contributed by atoms with van der Waals surface area (Å²) in [6, 6.07) is 0. The molecule has 0 amide bonds. The van der Waals surface area contributed by atoms with Gasteiger partial charge < -0.3 is 10.8 Å². The van der Waals surface area contributed by atoms with E-state index in [1.54, 1.807) is 0 Å². The Bertz CT molecular complexity index is 309. The Kier molecular flexibility index (Phi) is 3.25. The van der Waals surface area contributed by atoms with Crippen LogP contribution in [0.1, 0.15) is 23.4 Å². The largest absolute Gasteiger partial charge is 0.481 e. The van der Waals surface area contributed by atoms with Crippen molar-refractivity contribution in [1.29, 1.82) is 0 Å². The number of hydrogen-bond acceptors (Lipinski definition) is 4. The van der Waals surface area contributed by atoms with Crippen molar-refractivity contribution in [3.63, 3.8) is 0 Å². The molecular weight excluding hydrogens is 188 g/mol. The van der Waals surface area contributed by atoms with Crippen molar-refractivity contribution >= 4 is 22.4 Å². The topological polar surface area (TPSA) is 76.2 Å². The maximum absolute atomic E-state index is 10.2. The molecule has 0 radical (unpaired) electrons. The number of nitrogen functional groups attached to an aromatic ring is 1. The lowest BCUT2D eigenvalue weighted by Gasteiger charge is -1.95. The van der Waals surface area contributed by atoms with Gasteiger partial charge in [-0.3, -0.25) is 4.79 Å². The predicted octanol–water partition coefficient (Wildman–Crippen LogP) is 1.44. The molecular formula is C8H12N2O2S. The van der Waals surface area contributed by atoms with Gasteiger partial charge in [-0.25, -0.2) is 4.98 Å². The molecule has 5 heteroatoms. The summed E-state index contributed by atoms with van der Waals surface area (Å²) in [5.74, 6) is -0.754. The molecule has 0 aliphatic rings. The molecule has 0 aromatic carbocycles. The minimum Gasteiger partial charge on any atom is -0.481 e. The van der Waals surface area contributed by atoms with Gasteiger partial charge in [-0.1, -0.05) is 0 Å². The van der Waals surface area contributed by atoms with E-state index in [1.807, 2.05) is 6.92 Å². The van der Waals surface area contributed by atoms with Gasteiger partial charge in [-0.05, 0) is 19.8 Å². The zero-order valence-electron chi connectivity index (χ0n) is 7.41. The van der Waals surface area contributed by atoms with E-state index in [-0.39, 0.29) is 6.42 Å². The summed E-state index contributed by atoms with van der Waals surface area (Å²) in [7, 11) is 0. The molecule has 0 saturated carbocycles. The Morgan fingerprint density at radius 3 is 2.85 bits per heavy atom. The molecule has 0 spiro atoms. The highest BCUT2D eigenvalue weighted by molar-refractivity contribution is 7.15. The number of aryl methyl sites for hydroxylation is 2. The van der Waals surface area contributed by atoms with Crippen molar-refractivity contribution in [1.82, 2.24) is 4.98 Å². The minimum atomic E-state index is -0.754. The first-order valence-corrected chi connectivity index (χ1v) is 4.85. The highest BCUT2D eigenvalue weighted by atomic mass is 32.1. The number of anilines is 1. The van der Waals surface area contributed by atoms with Crippen LogP contribution in [0.5, 0.6) is 0 Å². The van der Waals surface area contributed by atoms with E-state index in [1.165, 1.54) is 11.3 Å². The number of rotatable bonds is 4. The summed E-state index contributed by atoms with van der Waals surface area (Å²) in [6.07, 6.45) is 1.61. The van der Waals surface area contributed by atoms with Gasteiger partial charge in [0.2, 0.25) is 0 Å². The third kappa shape index (κ3) is 3.02. The zero-order chi connectivity index (χ0) is 9.84. The highest BCUT2D eigenvalue weighted by Gasteiger charge is 2.05. The van der Waals surface area contributed by atoms with E-state index < -0.39 is 5.97 Å². The fourth-order valence-corrected chi connectivity index (χ4v) is 1.96. The minimum absolute atomic E-state index is 0.206. The van der Waals surface area contributed by atoms with E-state index in [4.69, 9.17) is 10.8 Å². The van der Waals surface area contributed by atoms with Crippen LogP contribution < -0.4 is 5.73 Å². The molecule has 0 bridgehead atoms. The van der Waals surface area contributed by atoms with Crippen molar-refractivity contribution < 1.29 is 9.90 Å². The van der Waals surface area contributed by atoms with Crippen LogP contribution in [-0.2, 0) is 11.2 Å². The fraction of sp³-hybridized carbons (Fsp3) is 0.500. The Labute approximate surface area is 80.4 Å². The summed E-state index contributed by atoms with van der Waals surface area (Å²) >= 11 is 1.44. The average Bonchev–Trinajstić information content (AvgIpc) is 2.29. The monoisotopic (exact) mass is 200 g/mol. The summed E-state index contributed by atoms with van der Waals surface area (Å²) in [5, 5.41) is 8.99. The molecule has 0 unspecified atom stereocenters. The molecule has 1 rings (SSSR count). The molecule has 0 aliphatic heterocycles. The molecule has 1 aromatic rings. The van der Waals surface area contributed by atoms with E-state index in [9.17, 15) is 4.79 Å². The van der Waals surface area contributed by atoms with Gasteiger partial charge in [-0.2, -0.15) is 0 Å². The Balaban J connectivity index is 2.45. The molecule has 1 aromatic heterocycles. The standard InChI is InChI=1S/C8H12N2O2S/c1-5-6(13-8(9)10-5)3-2-4-7(11)12/h2-4H2,1H3,(H2,9,10)(H,11,12). The van der Waals surface area contributed by atoms with E-state index in [0.717, 1.165) is 17.0 Å². The molecule has 0 atom stereocenters. The Morgan fingerprint density at radius 1 is 1.69 bits per heavy atom. The SMILES string of the molecule is Cc1nc(N)sc1CCCC(=O)O. The summed E-state index contributed by atoms with van der Waals surface area (Å²) < 4.78 is 0. The number of carbonyl (C=O) groups is 1. The third-order valence-corrected chi connectivity index (χ3v) is 2.75. The van der Waals surface area contributed by atoms with E-state index >= 15 is 0 Å².